The van der Waals surface area contributed by atoms with Crippen LogP contribution in [0.3, 0.4) is 0 Å². The van der Waals surface area contributed by atoms with Crippen LogP contribution >= 0.6 is 15.9 Å². The number of hydrogen-bond donors (Lipinski definition) is 1. The van der Waals surface area contributed by atoms with Gasteiger partial charge in [-0.05, 0) is 37.8 Å². The summed E-state index contributed by atoms with van der Waals surface area (Å²) in [5.74, 6) is -0.112. The fraction of sp³-hybridized carbons (Fsp3) is 0.500. The summed E-state index contributed by atoms with van der Waals surface area (Å²) in [4.78, 5) is 0. The van der Waals surface area contributed by atoms with Gasteiger partial charge in [0.25, 0.3) is 0 Å². The number of halogens is 2. The van der Waals surface area contributed by atoms with Crippen molar-refractivity contribution in [3.63, 3.8) is 0 Å². The minimum Gasteiger partial charge on any atom is -0.324 e. The van der Waals surface area contributed by atoms with Crippen molar-refractivity contribution in [1.29, 1.82) is 0 Å². The van der Waals surface area contributed by atoms with E-state index in [1.165, 1.54) is 6.07 Å². The first kappa shape index (κ1) is 9.79. The number of benzene rings is 1. The van der Waals surface area contributed by atoms with Crippen LogP contribution in [0.2, 0.25) is 0 Å². The van der Waals surface area contributed by atoms with E-state index in [2.05, 4.69) is 15.9 Å². The predicted octanol–water partition coefficient (Wildman–Crippen LogP) is 3.11. The lowest BCUT2D eigenvalue weighted by Gasteiger charge is -2.25. The molecule has 0 unspecified atom stereocenters. The molecule has 0 saturated heterocycles. The van der Waals surface area contributed by atoms with Gasteiger partial charge in [0.15, 0.2) is 0 Å². The van der Waals surface area contributed by atoms with Crippen LogP contribution in [0.1, 0.15) is 31.2 Å². The van der Waals surface area contributed by atoms with Gasteiger partial charge in [-0.1, -0.05) is 22.0 Å². The van der Waals surface area contributed by atoms with Crippen molar-refractivity contribution in [2.75, 3.05) is 0 Å². The first-order chi connectivity index (χ1) is 7.09. The highest BCUT2D eigenvalue weighted by atomic mass is 79.9. The summed E-state index contributed by atoms with van der Waals surface area (Å²) in [5.41, 5.74) is 6.88. The van der Waals surface area contributed by atoms with E-state index in [0.29, 0.717) is 0 Å². The Morgan fingerprint density at radius 2 is 1.87 bits per heavy atom. The van der Waals surface area contributed by atoms with E-state index in [0.717, 1.165) is 35.7 Å². The van der Waals surface area contributed by atoms with E-state index in [9.17, 15) is 4.39 Å². The Labute approximate surface area is 97.0 Å². The Morgan fingerprint density at radius 3 is 2.33 bits per heavy atom. The maximum absolute atomic E-state index is 13.9. The summed E-state index contributed by atoms with van der Waals surface area (Å²) in [7, 11) is 0. The predicted molar refractivity (Wildman–Crippen MR) is 61.2 cm³/mol. The molecule has 3 heteroatoms. The molecule has 2 aliphatic rings. The topological polar surface area (TPSA) is 26.0 Å². The fourth-order valence-electron chi connectivity index (χ4n) is 2.69. The SMILES string of the molecule is NC1(C2(c3c(F)cccc3Br)CC2)CC1. The Balaban J connectivity index is 2.13. The van der Waals surface area contributed by atoms with Gasteiger partial charge in [0.2, 0.25) is 0 Å². The third kappa shape index (κ3) is 1.23. The first-order valence-corrected chi connectivity index (χ1v) is 6.12. The van der Waals surface area contributed by atoms with Crippen molar-refractivity contribution in [3.05, 3.63) is 34.1 Å². The third-order valence-electron chi connectivity index (χ3n) is 3.93. The lowest BCUT2D eigenvalue weighted by atomic mass is 9.86. The second-order valence-corrected chi connectivity index (χ2v) is 5.69. The van der Waals surface area contributed by atoms with Crippen molar-refractivity contribution in [2.45, 2.75) is 36.6 Å². The van der Waals surface area contributed by atoms with Gasteiger partial charge in [-0.3, -0.25) is 0 Å². The van der Waals surface area contributed by atoms with Gasteiger partial charge in [0.05, 0.1) is 0 Å². The third-order valence-corrected chi connectivity index (χ3v) is 4.59. The molecule has 2 fully saturated rings. The molecule has 0 atom stereocenters. The van der Waals surface area contributed by atoms with E-state index < -0.39 is 0 Å². The van der Waals surface area contributed by atoms with Gasteiger partial charge in [-0.15, -0.1) is 0 Å². The van der Waals surface area contributed by atoms with Crippen molar-refractivity contribution >= 4 is 15.9 Å². The van der Waals surface area contributed by atoms with Gasteiger partial charge >= 0.3 is 0 Å². The largest absolute Gasteiger partial charge is 0.324 e. The molecule has 80 valence electrons. The van der Waals surface area contributed by atoms with Crippen LogP contribution in [-0.4, -0.2) is 5.54 Å². The van der Waals surface area contributed by atoms with Gasteiger partial charge in [-0.25, -0.2) is 4.39 Å². The van der Waals surface area contributed by atoms with E-state index in [1.807, 2.05) is 6.07 Å². The zero-order valence-electron chi connectivity index (χ0n) is 8.39. The molecule has 0 heterocycles. The van der Waals surface area contributed by atoms with Crippen LogP contribution in [0.25, 0.3) is 0 Å². The molecule has 0 radical (unpaired) electrons. The molecule has 2 aliphatic carbocycles. The fourth-order valence-corrected chi connectivity index (χ4v) is 3.41. The molecular formula is C12H13BrFN. The van der Waals surface area contributed by atoms with Crippen LogP contribution in [0.4, 0.5) is 4.39 Å². The van der Waals surface area contributed by atoms with Crippen LogP contribution in [0.15, 0.2) is 22.7 Å². The average molecular weight is 270 g/mol. The zero-order chi connectivity index (χ0) is 10.7. The molecule has 0 amide bonds. The molecule has 0 aromatic heterocycles. The van der Waals surface area contributed by atoms with Gasteiger partial charge in [0.1, 0.15) is 5.82 Å². The molecule has 1 aromatic carbocycles. The van der Waals surface area contributed by atoms with Gasteiger partial charge < -0.3 is 5.73 Å². The smallest absolute Gasteiger partial charge is 0.128 e. The van der Waals surface area contributed by atoms with E-state index >= 15 is 0 Å². The lowest BCUT2D eigenvalue weighted by molar-refractivity contribution is 0.471. The standard InChI is InChI=1S/C12H13BrFN/c13-8-2-1-3-9(14)10(8)11(4-5-11)12(15)6-7-12/h1-3H,4-7,15H2. The van der Waals surface area contributed by atoms with Gasteiger partial charge in [-0.2, -0.15) is 0 Å². The zero-order valence-corrected chi connectivity index (χ0v) is 9.98. The molecule has 0 bridgehead atoms. The van der Waals surface area contributed by atoms with Crippen molar-refractivity contribution in [1.82, 2.24) is 0 Å². The van der Waals surface area contributed by atoms with Crippen molar-refractivity contribution in [2.24, 2.45) is 5.73 Å². The van der Waals surface area contributed by atoms with E-state index in [-0.39, 0.29) is 16.8 Å². The summed E-state index contributed by atoms with van der Waals surface area (Å²) >= 11 is 3.45. The molecule has 1 aromatic rings. The molecule has 2 N–H and O–H groups in total. The van der Waals surface area contributed by atoms with Crippen LogP contribution in [0, 0.1) is 5.82 Å². The summed E-state index contributed by atoms with van der Waals surface area (Å²) < 4.78 is 14.7. The Hall–Kier alpha value is -0.410. The van der Waals surface area contributed by atoms with Crippen molar-refractivity contribution in [3.8, 4) is 0 Å². The quantitative estimate of drug-likeness (QED) is 0.878. The Morgan fingerprint density at radius 1 is 1.20 bits per heavy atom. The number of nitrogens with two attached hydrogens (primary N) is 1. The van der Waals surface area contributed by atoms with E-state index in [4.69, 9.17) is 5.73 Å². The second kappa shape index (κ2) is 2.83. The highest BCUT2D eigenvalue weighted by Crippen LogP contribution is 2.65. The monoisotopic (exact) mass is 269 g/mol. The second-order valence-electron chi connectivity index (χ2n) is 4.83. The summed E-state index contributed by atoms with van der Waals surface area (Å²) in [5, 5.41) is 0. The summed E-state index contributed by atoms with van der Waals surface area (Å²) in [6.45, 7) is 0. The first-order valence-electron chi connectivity index (χ1n) is 5.32. The maximum atomic E-state index is 13.9. The molecule has 15 heavy (non-hydrogen) atoms. The van der Waals surface area contributed by atoms with E-state index in [1.54, 1.807) is 6.07 Å². The molecule has 0 spiro atoms. The maximum Gasteiger partial charge on any atom is 0.128 e. The molecule has 2 saturated carbocycles. The number of hydrogen-bond acceptors (Lipinski definition) is 1. The molecular weight excluding hydrogens is 257 g/mol. The highest BCUT2D eigenvalue weighted by Gasteiger charge is 2.65. The lowest BCUT2D eigenvalue weighted by Crippen LogP contribution is -2.38. The summed E-state index contributed by atoms with van der Waals surface area (Å²) in [6.07, 6.45) is 4.13. The molecule has 1 nitrogen and oxygen atoms in total. The minimum absolute atomic E-state index is 0.0722. The molecule has 3 rings (SSSR count). The average Bonchev–Trinajstić information content (AvgIpc) is 3.02. The van der Waals surface area contributed by atoms with Gasteiger partial charge in [0, 0.05) is 21.0 Å². The van der Waals surface area contributed by atoms with Crippen molar-refractivity contribution < 1.29 is 4.39 Å². The normalized spacial score (nSPS) is 25.0. The van der Waals surface area contributed by atoms with Crippen LogP contribution < -0.4 is 5.73 Å². The number of rotatable bonds is 2. The Kier molecular flexibility index (Phi) is 1.85. The van der Waals surface area contributed by atoms with Crippen LogP contribution in [-0.2, 0) is 5.41 Å². The van der Waals surface area contributed by atoms with Crippen LogP contribution in [0.5, 0.6) is 0 Å². The molecule has 0 aliphatic heterocycles. The summed E-state index contributed by atoms with van der Waals surface area (Å²) in [6, 6.07) is 5.17. The highest BCUT2D eigenvalue weighted by molar-refractivity contribution is 9.10. The Bertz CT molecular complexity index is 401. The minimum atomic E-state index is -0.127.